The summed E-state index contributed by atoms with van der Waals surface area (Å²) in [5.41, 5.74) is 0.184. The molecular weight excluding hydrogens is 257 g/mol. The lowest BCUT2D eigenvalue weighted by atomic mass is 9.97. The third-order valence-electron chi connectivity index (χ3n) is 4.05. The molecule has 0 saturated carbocycles. The highest BCUT2D eigenvalue weighted by atomic mass is 19.1. The van der Waals surface area contributed by atoms with E-state index in [0.29, 0.717) is 12.6 Å². The second-order valence-corrected chi connectivity index (χ2v) is 5.62. The smallest absolute Gasteiger partial charge is 0.169 e. The van der Waals surface area contributed by atoms with E-state index in [4.69, 9.17) is 4.74 Å². The van der Waals surface area contributed by atoms with Gasteiger partial charge < -0.3 is 9.64 Å². The summed E-state index contributed by atoms with van der Waals surface area (Å²) in [5, 5.41) is 0. The molecule has 20 heavy (non-hydrogen) atoms. The number of ether oxygens (including phenoxy) is 1. The van der Waals surface area contributed by atoms with Crippen LogP contribution in [0.25, 0.3) is 0 Å². The van der Waals surface area contributed by atoms with Gasteiger partial charge in [0.2, 0.25) is 0 Å². The number of halogens is 1. The van der Waals surface area contributed by atoms with Gasteiger partial charge in [-0.1, -0.05) is 19.1 Å². The minimum Gasteiger partial charge on any atom is -0.377 e. The Bertz CT molecular complexity index is 477. The third kappa shape index (κ3) is 3.25. The van der Waals surface area contributed by atoms with Gasteiger partial charge in [-0.3, -0.25) is 4.79 Å². The van der Waals surface area contributed by atoms with Crippen molar-refractivity contribution < 1.29 is 13.9 Å². The van der Waals surface area contributed by atoms with Crippen LogP contribution in [0.4, 0.5) is 4.39 Å². The first-order valence-electron chi connectivity index (χ1n) is 7.11. The van der Waals surface area contributed by atoms with Crippen LogP contribution < -0.4 is 0 Å². The van der Waals surface area contributed by atoms with Crippen molar-refractivity contribution in [2.75, 3.05) is 20.2 Å². The molecule has 1 aromatic rings. The van der Waals surface area contributed by atoms with Crippen LogP contribution in [0.15, 0.2) is 24.3 Å². The van der Waals surface area contributed by atoms with Gasteiger partial charge in [0.25, 0.3) is 0 Å². The van der Waals surface area contributed by atoms with Crippen molar-refractivity contribution in [1.82, 2.24) is 4.90 Å². The molecule has 1 aliphatic heterocycles. The highest BCUT2D eigenvalue weighted by Gasteiger charge is 2.30. The number of nitrogens with zero attached hydrogens (tertiary/aromatic N) is 1. The summed E-state index contributed by atoms with van der Waals surface area (Å²) in [6.45, 7) is 5.29. The van der Waals surface area contributed by atoms with Crippen molar-refractivity contribution in [3.05, 3.63) is 35.6 Å². The normalized spacial score (nSPS) is 24.1. The molecule has 1 aromatic carbocycles. The summed E-state index contributed by atoms with van der Waals surface area (Å²) in [6.07, 6.45) is 1.17. The molecule has 0 amide bonds. The lowest BCUT2D eigenvalue weighted by Crippen LogP contribution is -2.40. The zero-order valence-electron chi connectivity index (χ0n) is 12.3. The maximum atomic E-state index is 13.6. The second-order valence-electron chi connectivity index (χ2n) is 5.62. The van der Waals surface area contributed by atoms with Gasteiger partial charge in [-0.15, -0.1) is 0 Å². The first kappa shape index (κ1) is 15.1. The highest BCUT2D eigenvalue weighted by Crippen LogP contribution is 2.20. The Morgan fingerprint density at radius 1 is 1.50 bits per heavy atom. The number of carbonyl (C=O) groups is 1. The predicted molar refractivity (Wildman–Crippen MR) is 76.3 cm³/mol. The lowest BCUT2D eigenvalue weighted by molar-refractivity contribution is 0.0720. The topological polar surface area (TPSA) is 29.5 Å². The van der Waals surface area contributed by atoms with Crippen molar-refractivity contribution in [3.8, 4) is 0 Å². The van der Waals surface area contributed by atoms with Gasteiger partial charge in [-0.05, 0) is 32.5 Å². The van der Waals surface area contributed by atoms with Crippen LogP contribution in [-0.4, -0.2) is 43.0 Å². The minimum absolute atomic E-state index is 0.137. The molecule has 0 radical (unpaired) electrons. The van der Waals surface area contributed by atoms with Crippen molar-refractivity contribution >= 4 is 5.78 Å². The van der Waals surface area contributed by atoms with Crippen LogP contribution in [0, 0.1) is 11.7 Å². The molecule has 110 valence electrons. The number of Topliss-reactive ketones (excluding diaryl/α,β-unsaturated/α-hetero) is 1. The first-order valence-corrected chi connectivity index (χ1v) is 7.11. The van der Waals surface area contributed by atoms with Crippen molar-refractivity contribution in [2.45, 2.75) is 32.4 Å². The summed E-state index contributed by atoms with van der Waals surface area (Å²) in [5.74, 6) is -0.809. The third-order valence-corrected chi connectivity index (χ3v) is 4.05. The Labute approximate surface area is 119 Å². The zero-order valence-corrected chi connectivity index (χ0v) is 12.3. The van der Waals surface area contributed by atoms with E-state index in [0.717, 1.165) is 13.0 Å². The van der Waals surface area contributed by atoms with Gasteiger partial charge in [0.05, 0.1) is 11.7 Å². The molecular formula is C16H22FNO2. The van der Waals surface area contributed by atoms with E-state index in [-0.39, 0.29) is 23.4 Å². The number of carbonyl (C=O) groups excluding carboxylic acids is 1. The van der Waals surface area contributed by atoms with Gasteiger partial charge in [0.1, 0.15) is 5.82 Å². The Balaban J connectivity index is 1.99. The van der Waals surface area contributed by atoms with E-state index < -0.39 is 5.82 Å². The van der Waals surface area contributed by atoms with Gasteiger partial charge in [-0.25, -0.2) is 4.39 Å². The molecule has 1 heterocycles. The van der Waals surface area contributed by atoms with Gasteiger partial charge in [0, 0.05) is 25.1 Å². The fraction of sp³-hybridized carbons (Fsp3) is 0.562. The van der Waals surface area contributed by atoms with Gasteiger partial charge >= 0.3 is 0 Å². The molecule has 1 fully saturated rings. The molecule has 0 aromatic heterocycles. The number of rotatable bonds is 5. The van der Waals surface area contributed by atoms with Crippen LogP contribution in [-0.2, 0) is 4.74 Å². The number of benzene rings is 1. The SMILES string of the molecule is CC(CN(C)C1CCOC1C)C(=O)c1ccccc1F. The van der Waals surface area contributed by atoms with Crippen LogP contribution in [0.5, 0.6) is 0 Å². The van der Waals surface area contributed by atoms with E-state index in [9.17, 15) is 9.18 Å². The second kappa shape index (κ2) is 6.46. The van der Waals surface area contributed by atoms with E-state index >= 15 is 0 Å². The molecule has 3 unspecified atom stereocenters. The Kier molecular flexibility index (Phi) is 4.89. The number of hydrogen-bond donors (Lipinski definition) is 0. The molecule has 3 nitrogen and oxygen atoms in total. The zero-order chi connectivity index (χ0) is 14.7. The number of ketones is 1. The van der Waals surface area contributed by atoms with Gasteiger partial charge in [-0.2, -0.15) is 0 Å². The lowest BCUT2D eigenvalue weighted by Gasteiger charge is -2.28. The Morgan fingerprint density at radius 2 is 2.20 bits per heavy atom. The fourth-order valence-electron chi connectivity index (χ4n) is 2.88. The summed E-state index contributed by atoms with van der Waals surface area (Å²) >= 11 is 0. The molecule has 3 atom stereocenters. The molecule has 2 rings (SSSR count). The minimum atomic E-state index is -0.440. The molecule has 1 aliphatic rings. The molecule has 0 bridgehead atoms. The average molecular weight is 279 g/mol. The van der Waals surface area contributed by atoms with Gasteiger partial charge in [0.15, 0.2) is 5.78 Å². The molecule has 0 spiro atoms. The van der Waals surface area contributed by atoms with Crippen LogP contribution in [0.2, 0.25) is 0 Å². The maximum absolute atomic E-state index is 13.6. The van der Waals surface area contributed by atoms with E-state index in [1.807, 2.05) is 14.0 Å². The van der Waals surface area contributed by atoms with E-state index in [2.05, 4.69) is 11.8 Å². The molecule has 0 aliphatic carbocycles. The molecule has 4 heteroatoms. The van der Waals surface area contributed by atoms with E-state index in [1.54, 1.807) is 18.2 Å². The van der Waals surface area contributed by atoms with Crippen LogP contribution >= 0.6 is 0 Å². The summed E-state index contributed by atoms with van der Waals surface area (Å²) in [4.78, 5) is 14.5. The molecule has 0 N–H and O–H groups in total. The highest BCUT2D eigenvalue weighted by molar-refractivity contribution is 5.98. The number of likely N-dealkylation sites (N-methyl/N-ethyl adjacent to an activating group) is 1. The average Bonchev–Trinajstić information content (AvgIpc) is 2.84. The quantitative estimate of drug-likeness (QED) is 0.776. The van der Waals surface area contributed by atoms with Crippen molar-refractivity contribution in [1.29, 1.82) is 0 Å². The summed E-state index contributed by atoms with van der Waals surface area (Å²) in [6, 6.07) is 6.51. The Morgan fingerprint density at radius 3 is 2.80 bits per heavy atom. The predicted octanol–water partition coefficient (Wildman–Crippen LogP) is 2.75. The van der Waals surface area contributed by atoms with Crippen LogP contribution in [0.1, 0.15) is 30.6 Å². The monoisotopic (exact) mass is 279 g/mol. The first-order chi connectivity index (χ1) is 9.50. The largest absolute Gasteiger partial charge is 0.377 e. The standard InChI is InChI=1S/C16H22FNO2/c1-11(10-18(3)15-8-9-20-12(15)2)16(19)13-6-4-5-7-14(13)17/h4-7,11-12,15H,8-10H2,1-3H3. The molecule has 1 saturated heterocycles. The van der Waals surface area contributed by atoms with Crippen molar-refractivity contribution in [3.63, 3.8) is 0 Å². The van der Waals surface area contributed by atoms with Crippen molar-refractivity contribution in [2.24, 2.45) is 5.92 Å². The van der Waals surface area contributed by atoms with E-state index in [1.165, 1.54) is 6.07 Å². The fourth-order valence-corrected chi connectivity index (χ4v) is 2.88. The Hall–Kier alpha value is -1.26. The van der Waals surface area contributed by atoms with Crippen LogP contribution in [0.3, 0.4) is 0 Å². The summed E-state index contributed by atoms with van der Waals surface area (Å²) < 4.78 is 19.2. The summed E-state index contributed by atoms with van der Waals surface area (Å²) in [7, 11) is 2.00. The number of hydrogen-bond acceptors (Lipinski definition) is 3. The maximum Gasteiger partial charge on any atom is 0.169 e.